The second-order valence-electron chi connectivity index (χ2n) is 7.25. The number of morpholine rings is 1. The van der Waals surface area contributed by atoms with Crippen molar-refractivity contribution in [1.82, 2.24) is 29.3 Å². The van der Waals surface area contributed by atoms with E-state index in [-0.39, 0.29) is 0 Å². The van der Waals surface area contributed by atoms with Gasteiger partial charge in [-0.15, -0.1) is 0 Å². The molecule has 1 aliphatic rings. The summed E-state index contributed by atoms with van der Waals surface area (Å²) in [5.74, 6) is 0. The van der Waals surface area contributed by atoms with Crippen molar-refractivity contribution in [2.24, 2.45) is 0 Å². The van der Waals surface area contributed by atoms with Gasteiger partial charge in [-0.2, -0.15) is 10.2 Å². The zero-order valence-corrected chi connectivity index (χ0v) is 17.7. The van der Waals surface area contributed by atoms with Crippen LogP contribution in [-0.2, 0) is 11.3 Å². The van der Waals surface area contributed by atoms with Crippen LogP contribution in [0.25, 0.3) is 27.8 Å². The van der Waals surface area contributed by atoms with Crippen molar-refractivity contribution in [2.75, 3.05) is 32.8 Å². The highest BCUT2D eigenvalue weighted by Crippen LogP contribution is 2.29. The number of pyridine rings is 2. The van der Waals surface area contributed by atoms with Gasteiger partial charge in [-0.05, 0) is 23.8 Å². The van der Waals surface area contributed by atoms with Crippen molar-refractivity contribution >= 4 is 28.7 Å². The summed E-state index contributed by atoms with van der Waals surface area (Å²) in [4.78, 5) is 6.41. The van der Waals surface area contributed by atoms with Gasteiger partial charge >= 0.3 is 0 Å². The van der Waals surface area contributed by atoms with Gasteiger partial charge in [-0.3, -0.25) is 9.58 Å². The molecule has 1 aliphatic heterocycles. The Morgan fingerprint density at radius 1 is 0.867 bits per heavy atom. The van der Waals surface area contributed by atoms with E-state index in [1.54, 1.807) is 12.1 Å². The van der Waals surface area contributed by atoms with Gasteiger partial charge in [0, 0.05) is 48.7 Å². The van der Waals surface area contributed by atoms with Crippen LogP contribution in [0.3, 0.4) is 0 Å². The summed E-state index contributed by atoms with van der Waals surface area (Å²) in [5.41, 5.74) is 4.93. The fourth-order valence-electron chi connectivity index (χ4n) is 3.70. The maximum atomic E-state index is 6.06. The SMILES string of the molecule is Clc1cc(-c2cnn3cc(-c4cnn(CCN5CCOCC5)c4)ccc23)cc(Cl)n1. The Morgan fingerprint density at radius 2 is 1.67 bits per heavy atom. The Hall–Kier alpha value is -2.45. The van der Waals surface area contributed by atoms with E-state index in [4.69, 9.17) is 27.9 Å². The number of hydrogen-bond acceptors (Lipinski definition) is 5. The second-order valence-corrected chi connectivity index (χ2v) is 8.03. The van der Waals surface area contributed by atoms with Crippen molar-refractivity contribution < 1.29 is 4.74 Å². The van der Waals surface area contributed by atoms with E-state index in [2.05, 4.69) is 32.3 Å². The van der Waals surface area contributed by atoms with Crippen molar-refractivity contribution in [3.05, 3.63) is 59.4 Å². The van der Waals surface area contributed by atoms with E-state index in [0.29, 0.717) is 10.3 Å². The normalized spacial score (nSPS) is 15.1. The molecule has 0 aromatic carbocycles. The molecule has 5 heterocycles. The van der Waals surface area contributed by atoms with Crippen LogP contribution in [0.15, 0.2) is 49.1 Å². The molecule has 7 nitrogen and oxygen atoms in total. The third-order valence-electron chi connectivity index (χ3n) is 5.31. The van der Waals surface area contributed by atoms with Crippen LogP contribution in [0.4, 0.5) is 0 Å². The minimum absolute atomic E-state index is 0.359. The maximum absolute atomic E-state index is 6.06. The minimum atomic E-state index is 0.359. The average molecular weight is 443 g/mol. The van der Waals surface area contributed by atoms with E-state index < -0.39 is 0 Å². The van der Waals surface area contributed by atoms with E-state index in [9.17, 15) is 0 Å². The Kier molecular flexibility index (Phi) is 5.43. The smallest absolute Gasteiger partial charge is 0.131 e. The van der Waals surface area contributed by atoms with Crippen LogP contribution in [0.1, 0.15) is 0 Å². The maximum Gasteiger partial charge on any atom is 0.131 e. The topological polar surface area (TPSA) is 60.5 Å². The van der Waals surface area contributed by atoms with Gasteiger partial charge in [-0.25, -0.2) is 9.50 Å². The van der Waals surface area contributed by atoms with Crippen molar-refractivity contribution in [1.29, 1.82) is 0 Å². The highest BCUT2D eigenvalue weighted by Gasteiger charge is 2.12. The summed E-state index contributed by atoms with van der Waals surface area (Å²) in [6.07, 6.45) is 7.79. The highest BCUT2D eigenvalue weighted by molar-refractivity contribution is 6.32. The lowest BCUT2D eigenvalue weighted by Gasteiger charge is -2.26. The molecule has 0 atom stereocenters. The van der Waals surface area contributed by atoms with Gasteiger partial charge in [-0.1, -0.05) is 29.3 Å². The molecular formula is C21H20Cl2N6O. The number of rotatable bonds is 5. The first-order chi connectivity index (χ1) is 14.7. The van der Waals surface area contributed by atoms with E-state index >= 15 is 0 Å². The van der Waals surface area contributed by atoms with E-state index in [1.807, 2.05) is 33.9 Å². The second kappa shape index (κ2) is 8.35. The molecule has 0 saturated carbocycles. The fraction of sp³-hybridized carbons (Fsp3) is 0.286. The zero-order valence-electron chi connectivity index (χ0n) is 16.2. The summed E-state index contributed by atoms with van der Waals surface area (Å²) in [6, 6.07) is 7.70. The van der Waals surface area contributed by atoms with E-state index in [0.717, 1.165) is 67.2 Å². The van der Waals surface area contributed by atoms with Gasteiger partial charge in [0.1, 0.15) is 10.3 Å². The quantitative estimate of drug-likeness (QED) is 0.438. The molecule has 5 rings (SSSR count). The molecule has 154 valence electrons. The van der Waals surface area contributed by atoms with Gasteiger partial charge < -0.3 is 4.74 Å². The number of nitrogens with zero attached hydrogens (tertiary/aromatic N) is 6. The molecule has 4 aromatic heterocycles. The molecule has 0 unspecified atom stereocenters. The van der Waals surface area contributed by atoms with Gasteiger partial charge in [0.05, 0.1) is 37.7 Å². The summed E-state index contributed by atoms with van der Waals surface area (Å²) in [7, 11) is 0. The first-order valence-electron chi connectivity index (χ1n) is 9.79. The van der Waals surface area contributed by atoms with Gasteiger partial charge in [0.15, 0.2) is 0 Å². The molecule has 1 saturated heterocycles. The lowest BCUT2D eigenvalue weighted by atomic mass is 10.1. The predicted molar refractivity (Wildman–Crippen MR) is 117 cm³/mol. The lowest BCUT2D eigenvalue weighted by Crippen LogP contribution is -2.38. The van der Waals surface area contributed by atoms with Gasteiger partial charge in [0.25, 0.3) is 0 Å². The van der Waals surface area contributed by atoms with Crippen LogP contribution in [0, 0.1) is 0 Å². The number of fused-ring (bicyclic) bond motifs is 1. The first-order valence-corrected chi connectivity index (χ1v) is 10.5. The van der Waals surface area contributed by atoms with Crippen LogP contribution < -0.4 is 0 Å². The van der Waals surface area contributed by atoms with Crippen molar-refractivity contribution in [3.8, 4) is 22.3 Å². The van der Waals surface area contributed by atoms with Crippen LogP contribution >= 0.6 is 23.2 Å². The highest BCUT2D eigenvalue weighted by atomic mass is 35.5. The first kappa shape index (κ1) is 19.5. The molecule has 0 N–H and O–H groups in total. The molecule has 4 aromatic rings. The summed E-state index contributed by atoms with van der Waals surface area (Å²) >= 11 is 12.1. The number of halogens is 2. The fourth-order valence-corrected chi connectivity index (χ4v) is 4.16. The van der Waals surface area contributed by atoms with Gasteiger partial charge in [0.2, 0.25) is 0 Å². The van der Waals surface area contributed by atoms with Crippen molar-refractivity contribution in [3.63, 3.8) is 0 Å². The Morgan fingerprint density at radius 3 is 2.47 bits per heavy atom. The molecule has 0 amide bonds. The third-order valence-corrected chi connectivity index (χ3v) is 5.69. The molecule has 30 heavy (non-hydrogen) atoms. The van der Waals surface area contributed by atoms with Crippen LogP contribution in [-0.4, -0.2) is 62.1 Å². The van der Waals surface area contributed by atoms with Crippen molar-refractivity contribution in [2.45, 2.75) is 6.54 Å². The molecule has 0 bridgehead atoms. The molecule has 1 fully saturated rings. The minimum Gasteiger partial charge on any atom is -0.379 e. The number of hydrogen-bond donors (Lipinski definition) is 0. The molecule has 9 heteroatoms. The Balaban J connectivity index is 1.36. The summed E-state index contributed by atoms with van der Waals surface area (Å²) in [6.45, 7) is 5.43. The standard InChI is InChI=1S/C21H20Cl2N6O/c22-20-9-16(10-21(23)26-20)18-12-25-29-14-15(1-2-19(18)29)17-11-24-28(13-17)4-3-27-5-7-30-8-6-27/h1-2,9-14H,3-8H2. The Bertz CT molecular complexity index is 1160. The number of ether oxygens (including phenoxy) is 1. The lowest BCUT2D eigenvalue weighted by molar-refractivity contribution is 0.0360. The van der Waals surface area contributed by atoms with E-state index in [1.165, 1.54) is 0 Å². The number of aromatic nitrogens is 5. The monoisotopic (exact) mass is 442 g/mol. The zero-order chi connectivity index (χ0) is 20.5. The molecule has 0 spiro atoms. The average Bonchev–Trinajstić information content (AvgIpc) is 3.39. The van der Waals surface area contributed by atoms with Crippen LogP contribution in [0.5, 0.6) is 0 Å². The summed E-state index contributed by atoms with van der Waals surface area (Å²) < 4.78 is 9.25. The largest absolute Gasteiger partial charge is 0.379 e. The van der Waals surface area contributed by atoms with Crippen LogP contribution in [0.2, 0.25) is 10.3 Å². The molecular weight excluding hydrogens is 423 g/mol. The third kappa shape index (κ3) is 4.06. The molecule has 0 aliphatic carbocycles. The summed E-state index contributed by atoms with van der Waals surface area (Å²) in [5, 5.41) is 9.75. The molecule has 0 radical (unpaired) electrons. The Labute approximate surface area is 183 Å². The predicted octanol–water partition coefficient (Wildman–Crippen LogP) is 3.90.